The highest BCUT2D eigenvalue weighted by molar-refractivity contribution is 5.80. The van der Waals surface area contributed by atoms with Crippen molar-refractivity contribution in [3.8, 4) is 5.75 Å². The van der Waals surface area contributed by atoms with Gasteiger partial charge in [-0.25, -0.2) is 4.39 Å². The van der Waals surface area contributed by atoms with Crippen molar-refractivity contribution in [1.29, 1.82) is 0 Å². The number of carbonyl (C=O) groups excluding carboxylic acids is 1. The Morgan fingerprint density at radius 1 is 1.29 bits per heavy atom. The Balaban J connectivity index is 1.24. The zero-order valence-electron chi connectivity index (χ0n) is 23.0. The number of aromatic nitrogens is 2. The first-order valence-electron chi connectivity index (χ1n) is 13.7. The van der Waals surface area contributed by atoms with Crippen molar-refractivity contribution in [2.45, 2.75) is 65.7 Å². The Hall–Kier alpha value is -2.94. The van der Waals surface area contributed by atoms with Crippen molar-refractivity contribution in [3.63, 3.8) is 0 Å². The van der Waals surface area contributed by atoms with E-state index in [2.05, 4.69) is 20.4 Å². The number of aliphatic hydroxyl groups excluding tert-OH is 1. The number of rotatable bonds is 10. The van der Waals surface area contributed by atoms with Crippen molar-refractivity contribution in [1.82, 2.24) is 15.5 Å². The minimum atomic E-state index is -0.362. The molecular formula is C29H41FN4O4. The second-order valence-electron chi connectivity index (χ2n) is 11.7. The SMILES string of the molecule is CC(C)c1noc(N2CCC(COc3ccc(C4=CCC(C(=O)NCC(C)(C)CO)CC4)cc3F)CC2)n1. The molecule has 8 nitrogen and oxygen atoms in total. The number of ether oxygens (including phenoxy) is 1. The summed E-state index contributed by atoms with van der Waals surface area (Å²) in [5.74, 6) is 1.12. The van der Waals surface area contributed by atoms with Crippen LogP contribution in [0.3, 0.4) is 0 Å². The third-order valence-corrected chi connectivity index (χ3v) is 7.56. The minimum absolute atomic E-state index is 0.0139. The number of nitrogens with one attached hydrogen (secondary N) is 1. The molecule has 2 aromatic rings. The number of benzene rings is 1. The molecular weight excluding hydrogens is 487 g/mol. The predicted octanol–water partition coefficient (Wildman–Crippen LogP) is 4.95. The molecule has 1 fully saturated rings. The van der Waals surface area contributed by atoms with Gasteiger partial charge in [0.05, 0.1) is 6.61 Å². The van der Waals surface area contributed by atoms with E-state index in [0.29, 0.717) is 31.5 Å². The number of anilines is 1. The van der Waals surface area contributed by atoms with Gasteiger partial charge in [-0.3, -0.25) is 4.79 Å². The predicted molar refractivity (Wildman–Crippen MR) is 144 cm³/mol. The van der Waals surface area contributed by atoms with Crippen LogP contribution in [0, 0.1) is 23.1 Å². The largest absolute Gasteiger partial charge is 0.490 e. The first kappa shape index (κ1) is 28.1. The second kappa shape index (κ2) is 12.3. The fourth-order valence-corrected chi connectivity index (χ4v) is 4.77. The summed E-state index contributed by atoms with van der Waals surface area (Å²) in [6.07, 6.45) is 5.94. The van der Waals surface area contributed by atoms with Gasteiger partial charge in [0.2, 0.25) is 5.91 Å². The highest BCUT2D eigenvalue weighted by Gasteiger charge is 2.26. The highest BCUT2D eigenvalue weighted by atomic mass is 19.1. The summed E-state index contributed by atoms with van der Waals surface area (Å²) < 4.78 is 26.2. The fourth-order valence-electron chi connectivity index (χ4n) is 4.77. The molecule has 1 saturated heterocycles. The lowest BCUT2D eigenvalue weighted by Gasteiger charge is -2.30. The van der Waals surface area contributed by atoms with E-state index in [1.165, 1.54) is 6.07 Å². The molecule has 1 aromatic heterocycles. The number of nitrogens with zero attached hydrogens (tertiary/aromatic N) is 3. The zero-order chi connectivity index (χ0) is 27.3. The monoisotopic (exact) mass is 528 g/mol. The summed E-state index contributed by atoms with van der Waals surface area (Å²) in [5, 5.41) is 16.4. The molecule has 4 rings (SSSR count). The molecule has 9 heteroatoms. The van der Waals surface area contributed by atoms with Gasteiger partial charge in [0, 0.05) is 43.5 Å². The van der Waals surface area contributed by atoms with E-state index in [4.69, 9.17) is 9.26 Å². The van der Waals surface area contributed by atoms with Gasteiger partial charge in [0.25, 0.3) is 0 Å². The Morgan fingerprint density at radius 2 is 2.05 bits per heavy atom. The van der Waals surface area contributed by atoms with Crippen LogP contribution in [0.5, 0.6) is 5.75 Å². The maximum atomic E-state index is 14.9. The molecule has 2 N–H and O–H groups in total. The highest BCUT2D eigenvalue weighted by Crippen LogP contribution is 2.33. The molecule has 1 aliphatic heterocycles. The van der Waals surface area contributed by atoms with Crippen LogP contribution in [0.1, 0.15) is 77.1 Å². The standard InChI is InChI=1S/C29H41FN4O4/c1-19(2)26-32-28(38-33-26)34-13-11-20(12-14-34)16-37-25-10-9-23(15-24(25)30)21-5-7-22(8-6-21)27(36)31-17-29(3,4)18-35/h5,9-10,15,19-20,22,35H,6-8,11-14,16-18H2,1-4H3,(H,31,36). The van der Waals surface area contributed by atoms with Crippen molar-refractivity contribution in [2.24, 2.45) is 17.3 Å². The summed E-state index contributed by atoms with van der Waals surface area (Å²) in [7, 11) is 0. The van der Waals surface area contributed by atoms with Gasteiger partial charge in [0.15, 0.2) is 17.4 Å². The fraction of sp³-hybridized carbons (Fsp3) is 0.621. The Kier molecular flexibility index (Phi) is 9.07. The molecule has 2 aliphatic rings. The van der Waals surface area contributed by atoms with E-state index in [1.54, 1.807) is 6.07 Å². The number of halogens is 1. The van der Waals surface area contributed by atoms with Crippen LogP contribution in [-0.2, 0) is 4.79 Å². The zero-order valence-corrected chi connectivity index (χ0v) is 23.0. The average molecular weight is 529 g/mol. The lowest BCUT2D eigenvalue weighted by molar-refractivity contribution is -0.125. The molecule has 208 valence electrons. The van der Waals surface area contributed by atoms with Gasteiger partial charge in [-0.1, -0.05) is 45.0 Å². The first-order valence-corrected chi connectivity index (χ1v) is 13.7. The lowest BCUT2D eigenvalue weighted by atomic mass is 9.85. The molecule has 1 aromatic carbocycles. The Morgan fingerprint density at radius 3 is 2.66 bits per heavy atom. The normalized spacial score (nSPS) is 19.0. The molecule has 1 atom stereocenters. The molecule has 0 bridgehead atoms. The molecule has 1 aliphatic carbocycles. The van der Waals surface area contributed by atoms with Gasteiger partial charge in [-0.05, 0) is 61.3 Å². The van der Waals surface area contributed by atoms with E-state index in [1.807, 2.05) is 39.8 Å². The van der Waals surface area contributed by atoms with E-state index in [0.717, 1.165) is 55.7 Å². The average Bonchev–Trinajstić information content (AvgIpc) is 3.42. The third-order valence-electron chi connectivity index (χ3n) is 7.56. The van der Waals surface area contributed by atoms with Crippen LogP contribution < -0.4 is 15.0 Å². The number of amides is 1. The molecule has 2 heterocycles. The van der Waals surface area contributed by atoms with Gasteiger partial charge in [-0.2, -0.15) is 4.98 Å². The number of allylic oxidation sites excluding steroid dienone is 2. The maximum Gasteiger partial charge on any atom is 0.324 e. The first-order chi connectivity index (χ1) is 18.1. The minimum Gasteiger partial charge on any atom is -0.490 e. The summed E-state index contributed by atoms with van der Waals surface area (Å²) >= 11 is 0. The lowest BCUT2D eigenvalue weighted by Crippen LogP contribution is -2.39. The number of piperidine rings is 1. The van der Waals surface area contributed by atoms with Crippen LogP contribution in [0.4, 0.5) is 10.4 Å². The van der Waals surface area contributed by atoms with Crippen molar-refractivity contribution in [3.05, 3.63) is 41.5 Å². The summed E-state index contributed by atoms with van der Waals surface area (Å²) in [6, 6.07) is 5.72. The molecule has 0 spiro atoms. The molecule has 1 amide bonds. The van der Waals surface area contributed by atoms with Gasteiger partial charge >= 0.3 is 6.01 Å². The van der Waals surface area contributed by atoms with Gasteiger partial charge in [-0.15, -0.1) is 0 Å². The molecule has 38 heavy (non-hydrogen) atoms. The van der Waals surface area contributed by atoms with Crippen LogP contribution in [-0.4, -0.2) is 54.0 Å². The van der Waals surface area contributed by atoms with E-state index in [9.17, 15) is 14.3 Å². The van der Waals surface area contributed by atoms with Crippen LogP contribution >= 0.6 is 0 Å². The number of carbonyl (C=O) groups is 1. The van der Waals surface area contributed by atoms with Crippen molar-refractivity contribution in [2.75, 3.05) is 37.7 Å². The quantitative estimate of drug-likeness (QED) is 0.450. The van der Waals surface area contributed by atoms with Gasteiger partial charge < -0.3 is 24.6 Å². The van der Waals surface area contributed by atoms with Crippen LogP contribution in [0.15, 0.2) is 28.8 Å². The van der Waals surface area contributed by atoms with Crippen molar-refractivity contribution >= 4 is 17.5 Å². The number of aliphatic hydroxyl groups is 1. The maximum absolute atomic E-state index is 14.9. The van der Waals surface area contributed by atoms with Crippen molar-refractivity contribution < 1.29 is 23.6 Å². The smallest absolute Gasteiger partial charge is 0.324 e. The van der Waals surface area contributed by atoms with Gasteiger partial charge in [0.1, 0.15) is 0 Å². The molecule has 0 saturated carbocycles. The van der Waals surface area contributed by atoms with Crippen LogP contribution in [0.2, 0.25) is 0 Å². The summed E-state index contributed by atoms with van der Waals surface area (Å²) in [4.78, 5) is 19.1. The summed E-state index contributed by atoms with van der Waals surface area (Å²) in [6.45, 7) is 10.5. The third kappa shape index (κ3) is 7.12. The number of hydrogen-bond acceptors (Lipinski definition) is 7. The second-order valence-corrected chi connectivity index (χ2v) is 11.7. The van der Waals surface area contributed by atoms with E-state index < -0.39 is 0 Å². The molecule has 1 unspecified atom stereocenters. The summed E-state index contributed by atoms with van der Waals surface area (Å²) in [5.41, 5.74) is 1.56. The van der Waals surface area contributed by atoms with E-state index >= 15 is 0 Å². The molecule has 0 radical (unpaired) electrons. The number of hydrogen-bond donors (Lipinski definition) is 2. The topological polar surface area (TPSA) is 101 Å². The Labute approximate surface area is 224 Å². The van der Waals surface area contributed by atoms with Crippen LogP contribution in [0.25, 0.3) is 5.57 Å². The Bertz CT molecular complexity index is 1120. The van der Waals surface area contributed by atoms with E-state index in [-0.39, 0.29) is 41.3 Å².